The second-order valence-corrected chi connectivity index (χ2v) is 8.96. The van der Waals surface area contributed by atoms with E-state index in [1.807, 2.05) is 36.4 Å². The van der Waals surface area contributed by atoms with E-state index in [4.69, 9.17) is 9.47 Å². The lowest BCUT2D eigenvalue weighted by Crippen LogP contribution is -2.11. The number of esters is 1. The number of aliphatic imine (C=N–C) groups is 1. The molecule has 0 spiro atoms. The topological polar surface area (TPSA) is 47.9 Å². The van der Waals surface area contributed by atoms with Crippen molar-refractivity contribution in [3.05, 3.63) is 70.9 Å². The smallest absolute Gasteiger partial charge is 0.363 e. The molecule has 0 N–H and O–H groups in total. The Hall–Kier alpha value is -2.88. The van der Waals surface area contributed by atoms with Crippen LogP contribution in [0.4, 0.5) is 0 Å². The maximum absolute atomic E-state index is 12.4. The lowest BCUT2D eigenvalue weighted by atomic mass is 9.87. The Morgan fingerprint density at radius 1 is 0.968 bits per heavy atom. The summed E-state index contributed by atoms with van der Waals surface area (Å²) in [7, 11) is 0. The molecular weight excluding hydrogens is 386 g/mol. The second kappa shape index (κ2) is 10.4. The predicted octanol–water partition coefficient (Wildman–Crippen LogP) is 6.68. The van der Waals surface area contributed by atoms with Gasteiger partial charge in [-0.1, -0.05) is 83.7 Å². The van der Waals surface area contributed by atoms with Gasteiger partial charge < -0.3 is 9.47 Å². The van der Waals surface area contributed by atoms with Crippen LogP contribution in [0.2, 0.25) is 0 Å². The van der Waals surface area contributed by atoms with Crippen LogP contribution in [0.5, 0.6) is 5.75 Å². The number of para-hydroxylation sites is 1. The van der Waals surface area contributed by atoms with Crippen LogP contribution in [0.15, 0.2) is 59.2 Å². The van der Waals surface area contributed by atoms with Crippen molar-refractivity contribution in [2.24, 2.45) is 4.99 Å². The molecule has 0 aromatic heterocycles. The molecule has 1 aliphatic rings. The van der Waals surface area contributed by atoms with Gasteiger partial charge in [-0.25, -0.2) is 9.79 Å². The highest BCUT2D eigenvalue weighted by Crippen LogP contribution is 2.26. The zero-order chi connectivity index (χ0) is 22.3. The molecule has 31 heavy (non-hydrogen) atoms. The molecule has 164 valence electrons. The van der Waals surface area contributed by atoms with Gasteiger partial charge in [-0.2, -0.15) is 0 Å². The highest BCUT2D eigenvalue weighted by molar-refractivity contribution is 6.12. The largest absolute Gasteiger partial charge is 0.493 e. The molecule has 1 heterocycles. The standard InChI is InChI=1S/C27H33NO3/c1-5-6-7-8-11-18-30-24-13-10-9-12-21(24)19-23-26(29)31-25(28-23)20-14-16-22(17-15-20)27(2,3)4/h9-10,12-17,19H,5-8,11,18H2,1-4H3/b23-19+. The van der Waals surface area contributed by atoms with Gasteiger partial charge in [-0.15, -0.1) is 0 Å². The number of unbranched alkanes of at least 4 members (excludes halogenated alkanes) is 4. The summed E-state index contributed by atoms with van der Waals surface area (Å²) < 4.78 is 11.4. The van der Waals surface area contributed by atoms with Crippen molar-refractivity contribution >= 4 is 17.9 Å². The maximum atomic E-state index is 12.4. The summed E-state index contributed by atoms with van der Waals surface area (Å²) in [5.41, 5.74) is 3.20. The Bertz CT molecular complexity index is 949. The quantitative estimate of drug-likeness (QED) is 0.259. The van der Waals surface area contributed by atoms with Crippen molar-refractivity contribution in [1.82, 2.24) is 0 Å². The summed E-state index contributed by atoms with van der Waals surface area (Å²) in [6.45, 7) is 9.38. The molecule has 0 fully saturated rings. The first-order valence-electron chi connectivity index (χ1n) is 11.2. The number of carbonyl (C=O) groups excluding carboxylic acids is 1. The highest BCUT2D eigenvalue weighted by atomic mass is 16.6. The molecule has 0 atom stereocenters. The van der Waals surface area contributed by atoms with Crippen LogP contribution in [-0.4, -0.2) is 18.5 Å². The van der Waals surface area contributed by atoms with Crippen molar-refractivity contribution < 1.29 is 14.3 Å². The van der Waals surface area contributed by atoms with Crippen LogP contribution in [0.1, 0.15) is 76.5 Å². The zero-order valence-electron chi connectivity index (χ0n) is 19.1. The second-order valence-electron chi connectivity index (χ2n) is 8.96. The molecule has 1 aliphatic heterocycles. The van der Waals surface area contributed by atoms with Crippen LogP contribution in [-0.2, 0) is 14.9 Å². The van der Waals surface area contributed by atoms with Gasteiger partial charge in [-0.05, 0) is 41.7 Å². The normalized spacial score (nSPS) is 15.2. The van der Waals surface area contributed by atoms with Crippen LogP contribution < -0.4 is 4.74 Å². The fraction of sp³-hybridized carbons (Fsp3) is 0.407. The summed E-state index contributed by atoms with van der Waals surface area (Å²) >= 11 is 0. The van der Waals surface area contributed by atoms with Crippen LogP contribution in [0.3, 0.4) is 0 Å². The summed E-state index contributed by atoms with van der Waals surface area (Å²) in [6, 6.07) is 15.7. The number of benzene rings is 2. The van der Waals surface area contributed by atoms with E-state index in [1.165, 1.54) is 31.2 Å². The van der Waals surface area contributed by atoms with E-state index in [9.17, 15) is 4.79 Å². The highest BCUT2D eigenvalue weighted by Gasteiger charge is 2.25. The van der Waals surface area contributed by atoms with Gasteiger partial charge in [0.2, 0.25) is 5.90 Å². The first-order valence-corrected chi connectivity index (χ1v) is 11.2. The van der Waals surface area contributed by atoms with Crippen molar-refractivity contribution in [3.63, 3.8) is 0 Å². The number of nitrogens with zero attached hydrogens (tertiary/aromatic N) is 1. The molecule has 0 amide bonds. The Morgan fingerprint density at radius 3 is 2.39 bits per heavy atom. The summed E-state index contributed by atoms with van der Waals surface area (Å²) in [5.74, 6) is 0.659. The van der Waals surface area contributed by atoms with Crippen molar-refractivity contribution in [3.8, 4) is 5.75 Å². The minimum absolute atomic E-state index is 0.0669. The molecule has 0 saturated carbocycles. The fourth-order valence-corrected chi connectivity index (χ4v) is 3.41. The molecule has 0 radical (unpaired) electrons. The van der Waals surface area contributed by atoms with E-state index in [2.05, 4.69) is 44.8 Å². The van der Waals surface area contributed by atoms with E-state index in [0.29, 0.717) is 12.5 Å². The average molecular weight is 420 g/mol. The van der Waals surface area contributed by atoms with E-state index < -0.39 is 5.97 Å². The number of rotatable bonds is 9. The molecule has 0 unspecified atom stereocenters. The Kier molecular flexibility index (Phi) is 7.67. The molecule has 0 bridgehead atoms. The Balaban J connectivity index is 1.72. The molecule has 4 heteroatoms. The van der Waals surface area contributed by atoms with Gasteiger partial charge in [0.15, 0.2) is 5.70 Å². The van der Waals surface area contributed by atoms with E-state index in [-0.39, 0.29) is 11.1 Å². The molecule has 2 aromatic carbocycles. The first-order chi connectivity index (χ1) is 14.9. The number of hydrogen-bond acceptors (Lipinski definition) is 4. The molecule has 0 aliphatic carbocycles. The first kappa shape index (κ1) is 22.8. The van der Waals surface area contributed by atoms with Gasteiger partial charge in [0.05, 0.1) is 6.61 Å². The SMILES string of the molecule is CCCCCCCOc1ccccc1/C=C1/N=C(c2ccc(C(C)(C)C)cc2)OC1=O. The summed E-state index contributed by atoms with van der Waals surface area (Å²) in [6.07, 6.45) is 7.68. The van der Waals surface area contributed by atoms with Crippen molar-refractivity contribution in [2.45, 2.75) is 65.2 Å². The predicted molar refractivity (Wildman–Crippen MR) is 126 cm³/mol. The average Bonchev–Trinajstić information content (AvgIpc) is 3.11. The van der Waals surface area contributed by atoms with Gasteiger partial charge in [0, 0.05) is 11.1 Å². The molecule has 2 aromatic rings. The fourth-order valence-electron chi connectivity index (χ4n) is 3.41. The number of ether oxygens (including phenoxy) is 2. The molecule has 4 nitrogen and oxygen atoms in total. The Morgan fingerprint density at radius 2 is 1.68 bits per heavy atom. The van der Waals surface area contributed by atoms with Crippen molar-refractivity contribution in [1.29, 1.82) is 0 Å². The minimum atomic E-state index is -0.440. The number of carbonyl (C=O) groups is 1. The van der Waals surface area contributed by atoms with Crippen molar-refractivity contribution in [2.75, 3.05) is 6.61 Å². The van der Waals surface area contributed by atoms with Gasteiger partial charge in [0.1, 0.15) is 5.75 Å². The molecule has 3 rings (SSSR count). The monoisotopic (exact) mass is 419 g/mol. The summed E-state index contributed by atoms with van der Waals surface area (Å²) in [5, 5.41) is 0. The van der Waals surface area contributed by atoms with Crippen LogP contribution in [0, 0.1) is 0 Å². The van der Waals surface area contributed by atoms with E-state index >= 15 is 0 Å². The Labute approximate surface area is 186 Å². The third-order valence-electron chi connectivity index (χ3n) is 5.34. The van der Waals surface area contributed by atoms with E-state index in [1.54, 1.807) is 6.08 Å². The minimum Gasteiger partial charge on any atom is -0.493 e. The third-order valence-corrected chi connectivity index (χ3v) is 5.34. The number of hydrogen-bond donors (Lipinski definition) is 0. The maximum Gasteiger partial charge on any atom is 0.363 e. The van der Waals surface area contributed by atoms with Gasteiger partial charge in [0.25, 0.3) is 0 Å². The third kappa shape index (κ3) is 6.30. The van der Waals surface area contributed by atoms with Crippen LogP contribution >= 0.6 is 0 Å². The summed E-state index contributed by atoms with van der Waals surface area (Å²) in [4.78, 5) is 16.9. The molecule has 0 saturated heterocycles. The lowest BCUT2D eigenvalue weighted by Gasteiger charge is -2.18. The lowest BCUT2D eigenvalue weighted by molar-refractivity contribution is -0.129. The van der Waals surface area contributed by atoms with E-state index in [0.717, 1.165) is 23.3 Å². The molecular formula is C27H33NO3. The zero-order valence-corrected chi connectivity index (χ0v) is 19.1. The number of cyclic esters (lactones) is 1. The van der Waals surface area contributed by atoms with Crippen LogP contribution in [0.25, 0.3) is 6.08 Å². The van der Waals surface area contributed by atoms with Gasteiger partial charge in [-0.3, -0.25) is 0 Å². The van der Waals surface area contributed by atoms with Gasteiger partial charge >= 0.3 is 5.97 Å².